The Morgan fingerprint density at radius 3 is 2.56 bits per heavy atom. The summed E-state index contributed by atoms with van der Waals surface area (Å²) < 4.78 is 43.5. The van der Waals surface area contributed by atoms with E-state index in [1.165, 1.54) is 6.07 Å². The average Bonchev–Trinajstić information content (AvgIpc) is 2.98. The van der Waals surface area contributed by atoms with E-state index in [2.05, 4.69) is 0 Å². The Hall–Kier alpha value is -1.13. The maximum absolute atomic E-state index is 12.8. The van der Waals surface area contributed by atoms with E-state index in [9.17, 15) is 12.9 Å². The van der Waals surface area contributed by atoms with Crippen molar-refractivity contribution in [2.24, 2.45) is 5.92 Å². The van der Waals surface area contributed by atoms with Crippen LogP contribution in [0.4, 0.5) is 12.9 Å². The molecule has 88 valence electrons. The molecule has 0 heterocycles. The Labute approximate surface area is 92.7 Å². The van der Waals surface area contributed by atoms with Gasteiger partial charge < -0.3 is 17.7 Å². The Kier molecular flexibility index (Phi) is 2.87. The predicted molar refractivity (Wildman–Crippen MR) is 58.1 cm³/mol. The molecule has 0 N–H and O–H groups in total. The predicted octanol–water partition coefficient (Wildman–Crippen LogP) is 2.84. The highest BCUT2D eigenvalue weighted by Gasteiger charge is 2.30. The molecule has 0 atom stereocenters. The van der Waals surface area contributed by atoms with Crippen LogP contribution in [0.1, 0.15) is 18.4 Å². The molecule has 16 heavy (non-hydrogen) atoms. The van der Waals surface area contributed by atoms with Crippen molar-refractivity contribution < 1.29 is 17.7 Å². The molecule has 0 unspecified atom stereocenters. The van der Waals surface area contributed by atoms with Gasteiger partial charge in [-0.1, -0.05) is 23.2 Å². The van der Waals surface area contributed by atoms with Crippen molar-refractivity contribution in [3.05, 3.63) is 23.8 Å². The number of aryl methyl sites for hydroxylation is 1. The van der Waals surface area contributed by atoms with Gasteiger partial charge in [-0.25, -0.2) is 0 Å². The molecule has 0 aliphatic heterocycles. The molecule has 1 nitrogen and oxygen atoms in total. The third-order valence-corrected chi connectivity index (χ3v) is 2.69. The molecular formula is C11H13BF3O-. The van der Waals surface area contributed by atoms with Gasteiger partial charge in [-0.05, 0) is 31.7 Å². The van der Waals surface area contributed by atoms with Crippen molar-refractivity contribution in [3.8, 4) is 5.75 Å². The molecule has 1 aliphatic rings. The number of hydrogen-bond acceptors (Lipinski definition) is 1. The van der Waals surface area contributed by atoms with E-state index in [1.807, 2.05) is 0 Å². The van der Waals surface area contributed by atoms with Crippen molar-refractivity contribution in [2.45, 2.75) is 19.8 Å². The first-order chi connectivity index (χ1) is 7.47. The SMILES string of the molecule is Cc1ccc(OCC2CC2)c([B-](F)(F)F)c1. The lowest BCUT2D eigenvalue weighted by Crippen LogP contribution is -2.35. The van der Waals surface area contributed by atoms with Gasteiger partial charge in [0, 0.05) is 0 Å². The summed E-state index contributed by atoms with van der Waals surface area (Å²) in [6.45, 7) is -2.94. The molecule has 5 heteroatoms. The third-order valence-electron chi connectivity index (χ3n) is 2.69. The number of halogens is 3. The van der Waals surface area contributed by atoms with E-state index in [1.54, 1.807) is 13.0 Å². The lowest BCUT2D eigenvalue weighted by atomic mass is 9.78. The summed E-state index contributed by atoms with van der Waals surface area (Å²) in [6.07, 6.45) is 2.14. The van der Waals surface area contributed by atoms with Gasteiger partial charge >= 0.3 is 6.98 Å². The first-order valence-electron chi connectivity index (χ1n) is 5.40. The second-order valence-electron chi connectivity index (χ2n) is 4.37. The molecule has 0 saturated heterocycles. The van der Waals surface area contributed by atoms with E-state index in [0.29, 0.717) is 18.1 Å². The highest BCUT2D eigenvalue weighted by atomic mass is 19.4. The Morgan fingerprint density at radius 1 is 1.31 bits per heavy atom. The molecular weight excluding hydrogens is 216 g/mol. The van der Waals surface area contributed by atoms with Gasteiger partial charge in [-0.15, -0.1) is 0 Å². The summed E-state index contributed by atoms with van der Waals surface area (Å²) in [7, 11) is 0. The van der Waals surface area contributed by atoms with Gasteiger partial charge in [-0.3, -0.25) is 0 Å². The smallest absolute Gasteiger partial charge is 0.496 e. The average molecular weight is 229 g/mol. The quantitative estimate of drug-likeness (QED) is 0.721. The molecule has 1 aromatic carbocycles. The molecule has 1 saturated carbocycles. The van der Waals surface area contributed by atoms with Crippen LogP contribution in [0.2, 0.25) is 0 Å². The normalized spacial score (nSPS) is 16.2. The molecule has 1 fully saturated rings. The van der Waals surface area contributed by atoms with Crippen LogP contribution in [0, 0.1) is 12.8 Å². The molecule has 1 aliphatic carbocycles. The second-order valence-corrected chi connectivity index (χ2v) is 4.37. The highest BCUT2D eigenvalue weighted by Crippen LogP contribution is 2.30. The van der Waals surface area contributed by atoms with Crippen molar-refractivity contribution in [2.75, 3.05) is 6.61 Å². The van der Waals surface area contributed by atoms with E-state index in [0.717, 1.165) is 18.9 Å². The van der Waals surface area contributed by atoms with Gasteiger partial charge in [0.1, 0.15) is 0 Å². The molecule has 1 aromatic rings. The van der Waals surface area contributed by atoms with Crippen LogP contribution in [0.3, 0.4) is 0 Å². The summed E-state index contributed by atoms with van der Waals surface area (Å²) in [4.78, 5) is 0. The van der Waals surface area contributed by atoms with Gasteiger partial charge in [-0.2, -0.15) is 0 Å². The van der Waals surface area contributed by atoms with Crippen molar-refractivity contribution in [3.63, 3.8) is 0 Å². The lowest BCUT2D eigenvalue weighted by molar-refractivity contribution is 0.300. The largest absolute Gasteiger partial charge is 0.513 e. The van der Waals surface area contributed by atoms with E-state index in [-0.39, 0.29) is 5.75 Å². The maximum atomic E-state index is 12.8. The van der Waals surface area contributed by atoms with E-state index >= 15 is 0 Å². The Morgan fingerprint density at radius 2 is 2.00 bits per heavy atom. The molecule has 0 amide bonds. The van der Waals surface area contributed by atoms with Crippen LogP contribution in [0.5, 0.6) is 5.75 Å². The van der Waals surface area contributed by atoms with Gasteiger partial charge in [0.25, 0.3) is 0 Å². The Balaban J connectivity index is 2.20. The highest BCUT2D eigenvalue weighted by molar-refractivity contribution is 6.74. The zero-order chi connectivity index (χ0) is 11.8. The molecule has 0 bridgehead atoms. The van der Waals surface area contributed by atoms with Gasteiger partial charge in [0.2, 0.25) is 0 Å². The zero-order valence-electron chi connectivity index (χ0n) is 9.05. The topological polar surface area (TPSA) is 9.23 Å². The fraction of sp³-hybridized carbons (Fsp3) is 0.455. The van der Waals surface area contributed by atoms with Gasteiger partial charge in [0.05, 0.1) is 12.4 Å². The zero-order valence-corrected chi connectivity index (χ0v) is 9.05. The fourth-order valence-corrected chi connectivity index (χ4v) is 1.55. The maximum Gasteiger partial charge on any atom is 0.513 e. The summed E-state index contributed by atoms with van der Waals surface area (Å²) in [6, 6.07) is 4.22. The molecule has 0 radical (unpaired) electrons. The Bertz CT molecular complexity index is 385. The number of benzene rings is 1. The minimum absolute atomic E-state index is 0.0231. The summed E-state index contributed by atoms with van der Waals surface area (Å²) in [5, 5.41) is 0. The summed E-state index contributed by atoms with van der Waals surface area (Å²) in [5.74, 6) is 0.430. The molecule has 2 rings (SSSR count). The third kappa shape index (κ3) is 2.71. The molecule has 0 aromatic heterocycles. The summed E-state index contributed by atoms with van der Waals surface area (Å²) >= 11 is 0. The second kappa shape index (κ2) is 4.03. The minimum atomic E-state index is -4.99. The van der Waals surface area contributed by atoms with Crippen molar-refractivity contribution in [1.82, 2.24) is 0 Å². The van der Waals surface area contributed by atoms with Crippen LogP contribution in [0.15, 0.2) is 18.2 Å². The van der Waals surface area contributed by atoms with E-state index < -0.39 is 12.4 Å². The first-order valence-corrected chi connectivity index (χ1v) is 5.40. The van der Waals surface area contributed by atoms with Crippen LogP contribution < -0.4 is 10.2 Å². The van der Waals surface area contributed by atoms with Crippen LogP contribution in [0.25, 0.3) is 0 Å². The molecule has 0 spiro atoms. The number of rotatable bonds is 4. The summed E-state index contributed by atoms with van der Waals surface area (Å²) in [5.41, 5.74) is -0.00591. The number of ether oxygens (including phenoxy) is 1. The lowest BCUT2D eigenvalue weighted by Gasteiger charge is -2.20. The van der Waals surface area contributed by atoms with E-state index in [4.69, 9.17) is 4.74 Å². The monoisotopic (exact) mass is 229 g/mol. The van der Waals surface area contributed by atoms with Gasteiger partial charge in [0.15, 0.2) is 0 Å². The fourth-order valence-electron chi connectivity index (χ4n) is 1.55. The van der Waals surface area contributed by atoms with Crippen molar-refractivity contribution in [1.29, 1.82) is 0 Å². The van der Waals surface area contributed by atoms with Crippen LogP contribution in [-0.4, -0.2) is 13.6 Å². The van der Waals surface area contributed by atoms with Crippen LogP contribution >= 0.6 is 0 Å². The first kappa shape index (κ1) is 11.4. The number of hydrogen-bond donors (Lipinski definition) is 0. The van der Waals surface area contributed by atoms with Crippen LogP contribution in [-0.2, 0) is 0 Å². The standard InChI is InChI=1S/C11H13BF3O/c1-8-2-5-11(16-7-9-3-4-9)10(6-8)12(13,14)15/h2,5-6,9H,3-4,7H2,1H3/q-1. The van der Waals surface area contributed by atoms with Crippen molar-refractivity contribution >= 4 is 12.4 Å². The minimum Gasteiger partial charge on any atom is -0.496 e.